The maximum Gasteiger partial charge on any atom is 0.133 e. The van der Waals surface area contributed by atoms with Crippen LogP contribution in [0.5, 0.6) is 0 Å². The zero-order valence-electron chi connectivity index (χ0n) is 14.1. The molecule has 1 N–H and O–H groups in total. The number of nitrogens with one attached hydrogen (secondary N) is 1. The molecule has 0 spiro atoms. The van der Waals surface area contributed by atoms with Gasteiger partial charge in [-0.1, -0.05) is 29.3 Å². The van der Waals surface area contributed by atoms with Crippen molar-refractivity contribution in [1.82, 2.24) is 14.9 Å². The minimum absolute atomic E-state index is 0.458. The van der Waals surface area contributed by atoms with E-state index in [4.69, 9.17) is 23.2 Å². The van der Waals surface area contributed by atoms with Crippen molar-refractivity contribution in [2.24, 2.45) is 0 Å². The van der Waals surface area contributed by atoms with Crippen molar-refractivity contribution < 1.29 is 0 Å². The number of halogens is 2. The van der Waals surface area contributed by atoms with Crippen molar-refractivity contribution in [2.45, 2.75) is 44.2 Å². The Morgan fingerprint density at radius 3 is 2.44 bits per heavy atom. The molecular formula is C19H22Cl2N4. The molecule has 0 bridgehead atoms. The Hall–Kier alpha value is -1.36. The average Bonchev–Trinajstić information content (AvgIpc) is 3.45. The van der Waals surface area contributed by atoms with E-state index in [1.165, 1.54) is 12.8 Å². The Bertz CT molecular complexity index is 720. The molecule has 4 rings (SSSR count). The van der Waals surface area contributed by atoms with E-state index in [1.807, 2.05) is 30.5 Å². The zero-order valence-corrected chi connectivity index (χ0v) is 15.6. The molecule has 2 heterocycles. The van der Waals surface area contributed by atoms with Crippen molar-refractivity contribution in [1.29, 1.82) is 0 Å². The third-order valence-electron chi connectivity index (χ3n) is 5.00. The van der Waals surface area contributed by atoms with Crippen molar-refractivity contribution in [3.05, 3.63) is 51.9 Å². The summed E-state index contributed by atoms with van der Waals surface area (Å²) in [6, 6.07) is 8.14. The summed E-state index contributed by atoms with van der Waals surface area (Å²) >= 11 is 12.6. The highest BCUT2D eigenvalue weighted by atomic mass is 35.5. The molecule has 4 nitrogen and oxygen atoms in total. The fraction of sp³-hybridized carbons (Fsp3) is 0.474. The van der Waals surface area contributed by atoms with Crippen LogP contribution in [0.25, 0.3) is 0 Å². The monoisotopic (exact) mass is 376 g/mol. The van der Waals surface area contributed by atoms with Crippen molar-refractivity contribution in [3.63, 3.8) is 0 Å². The van der Waals surface area contributed by atoms with E-state index in [9.17, 15) is 0 Å². The molecule has 1 saturated carbocycles. The third kappa shape index (κ3) is 4.25. The summed E-state index contributed by atoms with van der Waals surface area (Å²) in [6.45, 7) is 2.87. The van der Waals surface area contributed by atoms with Gasteiger partial charge in [0.1, 0.15) is 11.6 Å². The van der Waals surface area contributed by atoms with Gasteiger partial charge in [0.15, 0.2) is 0 Å². The van der Waals surface area contributed by atoms with Crippen molar-refractivity contribution >= 4 is 29.0 Å². The lowest BCUT2D eigenvalue weighted by Crippen LogP contribution is -2.38. The first kappa shape index (κ1) is 17.1. The summed E-state index contributed by atoms with van der Waals surface area (Å²) in [5.41, 5.74) is 1.03. The fourth-order valence-corrected chi connectivity index (χ4v) is 3.86. The second-order valence-corrected chi connectivity index (χ2v) is 7.78. The quantitative estimate of drug-likeness (QED) is 0.817. The SMILES string of the molecule is Clc1cccc(Cl)c1CN1CCC(Nc2ccnc(C3CC3)n2)CC1. The molecular weight excluding hydrogens is 355 g/mol. The van der Waals surface area contributed by atoms with Crippen LogP contribution in [-0.4, -0.2) is 34.0 Å². The molecule has 6 heteroatoms. The Balaban J connectivity index is 1.32. The first-order valence-electron chi connectivity index (χ1n) is 8.94. The number of likely N-dealkylation sites (tertiary alicyclic amines) is 1. The van der Waals surface area contributed by atoms with Crippen LogP contribution < -0.4 is 5.32 Å². The second kappa shape index (κ2) is 7.48. The van der Waals surface area contributed by atoms with Crippen LogP contribution in [0.1, 0.15) is 43.0 Å². The van der Waals surface area contributed by atoms with Crippen LogP contribution in [0.2, 0.25) is 10.0 Å². The van der Waals surface area contributed by atoms with Crippen LogP contribution >= 0.6 is 23.2 Å². The zero-order chi connectivity index (χ0) is 17.2. The highest BCUT2D eigenvalue weighted by Gasteiger charge is 2.27. The number of rotatable bonds is 5. The van der Waals surface area contributed by atoms with Gasteiger partial charge in [-0.15, -0.1) is 0 Å². The molecule has 0 amide bonds. The maximum atomic E-state index is 6.29. The number of benzene rings is 1. The third-order valence-corrected chi connectivity index (χ3v) is 5.71. The highest BCUT2D eigenvalue weighted by Crippen LogP contribution is 2.38. The summed E-state index contributed by atoms with van der Waals surface area (Å²) in [6.07, 6.45) is 6.51. The average molecular weight is 377 g/mol. The second-order valence-electron chi connectivity index (χ2n) is 6.97. The molecule has 132 valence electrons. The van der Waals surface area contributed by atoms with Gasteiger partial charge >= 0.3 is 0 Å². The van der Waals surface area contributed by atoms with Gasteiger partial charge in [0.05, 0.1) is 0 Å². The molecule has 0 radical (unpaired) electrons. The Morgan fingerprint density at radius 2 is 1.76 bits per heavy atom. The molecule has 2 aromatic rings. The summed E-state index contributed by atoms with van der Waals surface area (Å²) in [4.78, 5) is 11.5. The van der Waals surface area contributed by atoms with Gasteiger partial charge in [-0.3, -0.25) is 4.90 Å². The smallest absolute Gasteiger partial charge is 0.133 e. The predicted octanol–water partition coefficient (Wildman–Crippen LogP) is 4.74. The van der Waals surface area contributed by atoms with E-state index in [2.05, 4.69) is 20.2 Å². The maximum absolute atomic E-state index is 6.29. The van der Waals surface area contributed by atoms with Crippen LogP contribution in [-0.2, 0) is 6.54 Å². The van der Waals surface area contributed by atoms with Crippen LogP contribution in [0.3, 0.4) is 0 Å². The van der Waals surface area contributed by atoms with Crippen molar-refractivity contribution in [3.8, 4) is 0 Å². The molecule has 0 atom stereocenters. The van der Waals surface area contributed by atoms with E-state index in [1.54, 1.807) is 0 Å². The lowest BCUT2D eigenvalue weighted by Gasteiger charge is -2.33. The van der Waals surface area contributed by atoms with E-state index >= 15 is 0 Å². The van der Waals surface area contributed by atoms with Crippen LogP contribution in [0, 0.1) is 0 Å². The van der Waals surface area contributed by atoms with Crippen LogP contribution in [0.15, 0.2) is 30.5 Å². The minimum atomic E-state index is 0.458. The normalized spacial score (nSPS) is 19.1. The van der Waals surface area contributed by atoms with E-state index in [-0.39, 0.29) is 0 Å². The van der Waals surface area contributed by atoms with Crippen molar-refractivity contribution in [2.75, 3.05) is 18.4 Å². The van der Waals surface area contributed by atoms with Gasteiger partial charge in [-0.25, -0.2) is 9.97 Å². The molecule has 1 aliphatic carbocycles. The number of nitrogens with zero attached hydrogens (tertiary/aromatic N) is 3. The lowest BCUT2D eigenvalue weighted by atomic mass is 10.0. The summed E-state index contributed by atoms with van der Waals surface area (Å²) in [7, 11) is 0. The molecule has 1 aromatic carbocycles. The minimum Gasteiger partial charge on any atom is -0.367 e. The molecule has 0 unspecified atom stereocenters. The molecule has 1 aromatic heterocycles. The standard InChI is InChI=1S/C19H22Cl2N4/c20-16-2-1-3-17(21)15(16)12-25-10-7-14(8-11-25)23-18-6-9-22-19(24-18)13-4-5-13/h1-3,6,9,13-14H,4-5,7-8,10-12H2,(H,22,23,24). The summed E-state index contributed by atoms with van der Waals surface area (Å²) in [5, 5.41) is 5.08. The lowest BCUT2D eigenvalue weighted by molar-refractivity contribution is 0.211. The van der Waals surface area contributed by atoms with Gasteiger partial charge < -0.3 is 5.32 Å². The molecule has 1 aliphatic heterocycles. The molecule has 25 heavy (non-hydrogen) atoms. The number of hydrogen-bond acceptors (Lipinski definition) is 4. The molecule has 2 fully saturated rings. The summed E-state index contributed by atoms with van der Waals surface area (Å²) in [5.74, 6) is 2.55. The number of aromatic nitrogens is 2. The molecule has 2 aliphatic rings. The van der Waals surface area contributed by atoms with E-state index in [0.717, 1.165) is 59.7 Å². The number of piperidine rings is 1. The Labute approximate surface area is 158 Å². The topological polar surface area (TPSA) is 41.0 Å². The number of hydrogen-bond donors (Lipinski definition) is 1. The van der Waals surface area contributed by atoms with Gasteiger partial charge in [0.25, 0.3) is 0 Å². The van der Waals surface area contributed by atoms with Gasteiger partial charge in [0.2, 0.25) is 0 Å². The van der Waals surface area contributed by atoms with E-state index < -0.39 is 0 Å². The van der Waals surface area contributed by atoms with E-state index in [0.29, 0.717) is 12.0 Å². The number of anilines is 1. The molecule has 1 saturated heterocycles. The first-order valence-corrected chi connectivity index (χ1v) is 9.69. The van der Waals surface area contributed by atoms with Gasteiger partial charge in [-0.2, -0.15) is 0 Å². The fourth-order valence-electron chi connectivity index (χ4n) is 3.34. The Morgan fingerprint density at radius 1 is 1.04 bits per heavy atom. The first-order chi connectivity index (χ1) is 12.2. The predicted molar refractivity (Wildman–Crippen MR) is 102 cm³/mol. The Kier molecular flexibility index (Phi) is 5.11. The summed E-state index contributed by atoms with van der Waals surface area (Å²) < 4.78 is 0. The highest BCUT2D eigenvalue weighted by molar-refractivity contribution is 6.35. The van der Waals surface area contributed by atoms with Crippen LogP contribution in [0.4, 0.5) is 5.82 Å². The largest absolute Gasteiger partial charge is 0.367 e. The van der Waals surface area contributed by atoms with Gasteiger partial charge in [0, 0.05) is 53.4 Å². The van der Waals surface area contributed by atoms with Gasteiger partial charge in [-0.05, 0) is 43.9 Å².